The summed E-state index contributed by atoms with van der Waals surface area (Å²) in [5.41, 5.74) is 1.03. The summed E-state index contributed by atoms with van der Waals surface area (Å²) in [4.78, 5) is 6.04. The molecule has 1 aliphatic heterocycles. The maximum atomic E-state index is 14.0. The van der Waals surface area contributed by atoms with Crippen molar-refractivity contribution in [3.8, 4) is 0 Å². The fourth-order valence-corrected chi connectivity index (χ4v) is 4.30. The lowest BCUT2D eigenvalue weighted by atomic mass is 10.1. The van der Waals surface area contributed by atoms with Gasteiger partial charge < -0.3 is 4.90 Å². The maximum absolute atomic E-state index is 14.0. The van der Waals surface area contributed by atoms with Gasteiger partial charge in [0.1, 0.15) is 5.52 Å². The molecule has 1 aliphatic rings. The van der Waals surface area contributed by atoms with E-state index < -0.39 is 15.7 Å². The van der Waals surface area contributed by atoms with Gasteiger partial charge in [0, 0.05) is 35.4 Å². The number of rotatable bonds is 1. The molecule has 0 N–H and O–H groups in total. The second-order valence-corrected chi connectivity index (χ2v) is 8.54. The molecule has 0 amide bonds. The first-order chi connectivity index (χ1) is 10.4. The van der Waals surface area contributed by atoms with Crippen LogP contribution < -0.4 is 4.90 Å². The molecule has 0 spiro atoms. The minimum atomic E-state index is -3.07. The van der Waals surface area contributed by atoms with E-state index in [2.05, 4.69) is 4.98 Å². The van der Waals surface area contributed by atoms with Crippen LogP contribution in [0.15, 0.2) is 24.4 Å². The highest BCUT2D eigenvalue weighted by atomic mass is 35.5. The summed E-state index contributed by atoms with van der Waals surface area (Å²) in [7, 11) is -3.07. The molecular formula is C15H16ClFN2O2S. The average Bonchev–Trinajstić information content (AvgIpc) is 2.59. The predicted molar refractivity (Wildman–Crippen MR) is 86.8 cm³/mol. The number of aromatic nitrogens is 1. The molecule has 3 rings (SSSR count). The van der Waals surface area contributed by atoms with Crippen LogP contribution in [0.5, 0.6) is 0 Å². The maximum Gasteiger partial charge on any atom is 0.154 e. The standard InChI is InChI=1S/C15H16ClFN2O2S/c1-10-3-5-19(6-7-22(10,20)21)14-2-4-18-15-12(14)8-11(16)9-13(15)17/h2,4,8-10H,3,5-7H2,1H3. The fourth-order valence-electron chi connectivity index (χ4n) is 2.75. The van der Waals surface area contributed by atoms with Crippen molar-refractivity contribution in [2.75, 3.05) is 23.7 Å². The van der Waals surface area contributed by atoms with Crippen LogP contribution in [0.25, 0.3) is 10.9 Å². The SMILES string of the molecule is CC1CCN(c2ccnc3c(F)cc(Cl)cc23)CCS1(=O)=O. The number of fused-ring (bicyclic) bond motifs is 1. The largest absolute Gasteiger partial charge is 0.370 e. The Morgan fingerprint density at radius 1 is 1.36 bits per heavy atom. The Labute approximate surface area is 133 Å². The highest BCUT2D eigenvalue weighted by Crippen LogP contribution is 2.31. The van der Waals surface area contributed by atoms with Crippen LogP contribution in [-0.4, -0.2) is 37.5 Å². The Balaban J connectivity index is 2.07. The molecule has 0 bridgehead atoms. The van der Waals surface area contributed by atoms with Crippen molar-refractivity contribution < 1.29 is 12.8 Å². The summed E-state index contributed by atoms with van der Waals surface area (Å²) < 4.78 is 38.1. The zero-order valence-electron chi connectivity index (χ0n) is 12.1. The van der Waals surface area contributed by atoms with E-state index in [-0.39, 0.29) is 16.5 Å². The van der Waals surface area contributed by atoms with Crippen LogP contribution in [0, 0.1) is 5.82 Å². The number of hydrogen-bond acceptors (Lipinski definition) is 4. The first kappa shape index (κ1) is 15.5. The second-order valence-electron chi connectivity index (χ2n) is 5.57. The summed E-state index contributed by atoms with van der Waals surface area (Å²) in [6, 6.07) is 4.68. The summed E-state index contributed by atoms with van der Waals surface area (Å²) in [6.45, 7) is 2.73. The van der Waals surface area contributed by atoms with E-state index in [4.69, 9.17) is 11.6 Å². The number of sulfone groups is 1. The van der Waals surface area contributed by atoms with Crippen molar-refractivity contribution in [2.45, 2.75) is 18.6 Å². The first-order valence-corrected chi connectivity index (χ1v) is 9.18. The van der Waals surface area contributed by atoms with E-state index >= 15 is 0 Å². The highest BCUT2D eigenvalue weighted by Gasteiger charge is 2.27. The third-order valence-electron chi connectivity index (χ3n) is 4.15. The lowest BCUT2D eigenvalue weighted by Crippen LogP contribution is -2.27. The minimum Gasteiger partial charge on any atom is -0.370 e. The zero-order valence-corrected chi connectivity index (χ0v) is 13.7. The summed E-state index contributed by atoms with van der Waals surface area (Å²) in [5.74, 6) is -0.374. The third kappa shape index (κ3) is 2.77. The van der Waals surface area contributed by atoms with Gasteiger partial charge >= 0.3 is 0 Å². The van der Waals surface area contributed by atoms with Gasteiger partial charge in [0.05, 0.1) is 11.0 Å². The molecule has 1 unspecified atom stereocenters. The molecule has 1 saturated heterocycles. The number of pyridine rings is 1. The summed E-state index contributed by atoms with van der Waals surface area (Å²) >= 11 is 5.95. The minimum absolute atomic E-state index is 0.0982. The normalized spacial score (nSPS) is 21.8. The van der Waals surface area contributed by atoms with Crippen LogP contribution in [0.3, 0.4) is 0 Å². The monoisotopic (exact) mass is 342 g/mol. The Morgan fingerprint density at radius 3 is 2.91 bits per heavy atom. The highest BCUT2D eigenvalue weighted by molar-refractivity contribution is 7.92. The van der Waals surface area contributed by atoms with Crippen molar-refractivity contribution in [1.29, 1.82) is 0 Å². The van der Waals surface area contributed by atoms with Crippen molar-refractivity contribution >= 4 is 38.0 Å². The van der Waals surface area contributed by atoms with Crippen molar-refractivity contribution in [2.24, 2.45) is 0 Å². The van der Waals surface area contributed by atoms with E-state index in [9.17, 15) is 12.8 Å². The fraction of sp³-hybridized carbons (Fsp3) is 0.400. The van der Waals surface area contributed by atoms with Gasteiger partial charge in [0.2, 0.25) is 0 Å². The van der Waals surface area contributed by atoms with Crippen LogP contribution in [-0.2, 0) is 9.84 Å². The van der Waals surface area contributed by atoms with Gasteiger partial charge in [-0.25, -0.2) is 12.8 Å². The van der Waals surface area contributed by atoms with Crippen LogP contribution >= 0.6 is 11.6 Å². The molecule has 0 radical (unpaired) electrons. The van der Waals surface area contributed by atoms with Gasteiger partial charge in [-0.1, -0.05) is 11.6 Å². The molecule has 0 saturated carbocycles. The Hall–Kier alpha value is -1.40. The van der Waals surface area contributed by atoms with E-state index in [0.717, 1.165) is 5.69 Å². The second kappa shape index (κ2) is 5.66. The first-order valence-electron chi connectivity index (χ1n) is 7.09. The Kier molecular flexibility index (Phi) is 3.99. The van der Waals surface area contributed by atoms with E-state index in [0.29, 0.717) is 29.9 Å². The third-order valence-corrected chi connectivity index (χ3v) is 6.58. The molecule has 0 aliphatic carbocycles. The Bertz CT molecular complexity index is 826. The lowest BCUT2D eigenvalue weighted by Gasteiger charge is -2.23. The van der Waals surface area contributed by atoms with Crippen LogP contribution in [0.4, 0.5) is 10.1 Å². The molecule has 1 atom stereocenters. The number of benzene rings is 1. The average molecular weight is 343 g/mol. The van der Waals surface area contributed by atoms with E-state index in [1.165, 1.54) is 12.3 Å². The molecule has 2 aromatic rings. The summed E-state index contributed by atoms with van der Waals surface area (Å²) in [6.07, 6.45) is 2.09. The Morgan fingerprint density at radius 2 is 2.14 bits per heavy atom. The molecule has 118 valence electrons. The van der Waals surface area contributed by atoms with Gasteiger partial charge in [0.15, 0.2) is 15.7 Å². The predicted octanol–water partition coefficient (Wildman–Crippen LogP) is 3.04. The van der Waals surface area contributed by atoms with Gasteiger partial charge in [-0.05, 0) is 31.5 Å². The molecule has 7 heteroatoms. The number of nitrogens with zero attached hydrogens (tertiary/aromatic N) is 2. The molecule has 1 fully saturated rings. The lowest BCUT2D eigenvalue weighted by molar-refractivity contribution is 0.584. The van der Waals surface area contributed by atoms with Crippen molar-refractivity contribution in [1.82, 2.24) is 4.98 Å². The molecule has 1 aromatic heterocycles. The van der Waals surface area contributed by atoms with Crippen molar-refractivity contribution in [3.05, 3.63) is 35.2 Å². The topological polar surface area (TPSA) is 50.3 Å². The quantitative estimate of drug-likeness (QED) is 0.799. The zero-order chi connectivity index (χ0) is 15.9. The molecule has 2 heterocycles. The number of hydrogen-bond donors (Lipinski definition) is 0. The summed E-state index contributed by atoms with van der Waals surface area (Å²) in [5, 5.41) is 0.556. The number of anilines is 1. The van der Waals surface area contributed by atoms with E-state index in [1.807, 2.05) is 4.90 Å². The van der Waals surface area contributed by atoms with Gasteiger partial charge in [-0.2, -0.15) is 0 Å². The molecule has 22 heavy (non-hydrogen) atoms. The molecule has 1 aromatic carbocycles. The molecule has 4 nitrogen and oxygen atoms in total. The smallest absolute Gasteiger partial charge is 0.154 e. The molecular weight excluding hydrogens is 327 g/mol. The van der Waals surface area contributed by atoms with Gasteiger partial charge in [0.25, 0.3) is 0 Å². The van der Waals surface area contributed by atoms with Crippen molar-refractivity contribution in [3.63, 3.8) is 0 Å². The van der Waals surface area contributed by atoms with Gasteiger partial charge in [-0.15, -0.1) is 0 Å². The van der Waals surface area contributed by atoms with E-state index in [1.54, 1.807) is 19.1 Å². The number of halogens is 2. The van der Waals surface area contributed by atoms with Crippen LogP contribution in [0.2, 0.25) is 5.02 Å². The van der Waals surface area contributed by atoms with Gasteiger partial charge in [-0.3, -0.25) is 4.98 Å². The van der Waals surface area contributed by atoms with Crippen LogP contribution in [0.1, 0.15) is 13.3 Å².